The summed E-state index contributed by atoms with van der Waals surface area (Å²) in [6.45, 7) is 2.24. The van der Waals surface area contributed by atoms with Crippen LogP contribution >= 0.6 is 15.9 Å². The van der Waals surface area contributed by atoms with Crippen LogP contribution in [0.1, 0.15) is 42.9 Å². The molecule has 1 aliphatic carbocycles. The van der Waals surface area contributed by atoms with Crippen molar-refractivity contribution in [3.63, 3.8) is 0 Å². The summed E-state index contributed by atoms with van der Waals surface area (Å²) in [6, 6.07) is 13.6. The molecule has 2 aromatic carbocycles. The molecule has 0 aromatic heterocycles. The number of unbranched alkanes of at least 4 members (excludes halogenated alkanes) is 3. The minimum Gasteiger partial charge on any atom is -0.0654 e. The molecule has 0 bridgehead atoms. The van der Waals surface area contributed by atoms with E-state index in [0.29, 0.717) is 0 Å². The molecule has 20 heavy (non-hydrogen) atoms. The number of hydrogen-bond acceptors (Lipinski definition) is 0. The molecule has 0 saturated carbocycles. The maximum atomic E-state index is 3.57. The van der Waals surface area contributed by atoms with Crippen molar-refractivity contribution >= 4 is 15.9 Å². The second-order valence-corrected chi connectivity index (χ2v) is 6.50. The molecule has 0 N–H and O–H groups in total. The van der Waals surface area contributed by atoms with Gasteiger partial charge in [-0.25, -0.2) is 0 Å². The lowest BCUT2D eigenvalue weighted by molar-refractivity contribution is 0.810. The predicted molar refractivity (Wildman–Crippen MR) is 89.9 cm³/mol. The first kappa shape index (κ1) is 13.9. The van der Waals surface area contributed by atoms with Crippen molar-refractivity contribution in [2.75, 3.05) is 0 Å². The second kappa shape index (κ2) is 6.13. The van der Waals surface area contributed by atoms with Crippen LogP contribution in [-0.2, 0) is 12.8 Å². The third kappa shape index (κ3) is 2.83. The molecule has 0 atom stereocenters. The maximum absolute atomic E-state index is 3.57. The SMILES string of the molecule is CCC[CH]CCc1ccc2c(c1)Cc1cc(Br)ccc1-2. The highest BCUT2D eigenvalue weighted by Gasteiger charge is 2.18. The highest BCUT2D eigenvalue weighted by Crippen LogP contribution is 2.38. The van der Waals surface area contributed by atoms with Gasteiger partial charge in [0.05, 0.1) is 0 Å². The molecule has 0 aliphatic heterocycles. The summed E-state index contributed by atoms with van der Waals surface area (Å²) in [5, 5.41) is 0. The van der Waals surface area contributed by atoms with Crippen molar-refractivity contribution in [2.24, 2.45) is 0 Å². The summed E-state index contributed by atoms with van der Waals surface area (Å²) in [4.78, 5) is 0. The first-order valence-electron chi connectivity index (χ1n) is 7.50. The van der Waals surface area contributed by atoms with Crippen molar-refractivity contribution in [1.29, 1.82) is 0 Å². The van der Waals surface area contributed by atoms with Crippen LogP contribution in [0, 0.1) is 6.42 Å². The summed E-state index contributed by atoms with van der Waals surface area (Å²) in [7, 11) is 0. The average molecular weight is 328 g/mol. The largest absolute Gasteiger partial charge is 0.0654 e. The molecule has 1 aliphatic rings. The Labute approximate surface area is 130 Å². The minimum absolute atomic E-state index is 1.08. The van der Waals surface area contributed by atoms with E-state index in [1.54, 1.807) is 0 Å². The van der Waals surface area contributed by atoms with Crippen molar-refractivity contribution < 1.29 is 0 Å². The van der Waals surface area contributed by atoms with Crippen LogP contribution in [-0.4, -0.2) is 0 Å². The van der Waals surface area contributed by atoms with Gasteiger partial charge in [0.1, 0.15) is 0 Å². The van der Waals surface area contributed by atoms with Crippen LogP contribution in [0.3, 0.4) is 0 Å². The maximum Gasteiger partial charge on any atom is 0.0178 e. The number of halogens is 1. The molecule has 0 heterocycles. The Balaban J connectivity index is 1.76. The minimum atomic E-state index is 1.08. The van der Waals surface area contributed by atoms with Crippen LogP contribution in [0.25, 0.3) is 11.1 Å². The first-order valence-corrected chi connectivity index (χ1v) is 8.29. The Bertz CT molecular complexity index is 613. The van der Waals surface area contributed by atoms with E-state index >= 15 is 0 Å². The van der Waals surface area contributed by atoms with E-state index in [0.717, 1.165) is 6.42 Å². The molecular formula is C19H20Br. The van der Waals surface area contributed by atoms with Gasteiger partial charge < -0.3 is 0 Å². The third-order valence-electron chi connectivity index (χ3n) is 4.04. The monoisotopic (exact) mass is 327 g/mol. The van der Waals surface area contributed by atoms with Crippen molar-refractivity contribution in [2.45, 2.75) is 39.0 Å². The van der Waals surface area contributed by atoms with E-state index in [1.807, 2.05) is 0 Å². The van der Waals surface area contributed by atoms with Gasteiger partial charge in [-0.2, -0.15) is 0 Å². The highest BCUT2D eigenvalue weighted by molar-refractivity contribution is 9.10. The molecule has 1 heteroatoms. The van der Waals surface area contributed by atoms with E-state index in [4.69, 9.17) is 0 Å². The van der Waals surface area contributed by atoms with Crippen molar-refractivity contribution in [1.82, 2.24) is 0 Å². The molecule has 2 aromatic rings. The summed E-state index contributed by atoms with van der Waals surface area (Å²) < 4.78 is 1.18. The average Bonchev–Trinajstić information content (AvgIpc) is 2.80. The van der Waals surface area contributed by atoms with E-state index in [9.17, 15) is 0 Å². The molecule has 0 fully saturated rings. The topological polar surface area (TPSA) is 0 Å². The Kier molecular flexibility index (Phi) is 4.26. The fourth-order valence-corrected chi connectivity index (χ4v) is 3.41. The van der Waals surface area contributed by atoms with Crippen LogP contribution < -0.4 is 0 Å². The van der Waals surface area contributed by atoms with Crippen LogP contribution in [0.15, 0.2) is 40.9 Å². The predicted octanol–water partition coefficient (Wildman–Crippen LogP) is 5.96. The summed E-state index contributed by atoms with van der Waals surface area (Å²) in [5.41, 5.74) is 7.25. The molecule has 0 saturated heterocycles. The second-order valence-electron chi connectivity index (χ2n) is 5.59. The number of aryl methyl sites for hydroxylation is 1. The number of hydrogen-bond donors (Lipinski definition) is 0. The smallest absolute Gasteiger partial charge is 0.0178 e. The third-order valence-corrected chi connectivity index (χ3v) is 4.53. The molecule has 0 amide bonds. The van der Waals surface area contributed by atoms with Crippen molar-refractivity contribution in [3.05, 3.63) is 64.0 Å². The van der Waals surface area contributed by atoms with Crippen LogP contribution in [0.5, 0.6) is 0 Å². The first-order chi connectivity index (χ1) is 9.78. The zero-order chi connectivity index (χ0) is 13.9. The zero-order valence-corrected chi connectivity index (χ0v) is 13.5. The van der Waals surface area contributed by atoms with Crippen LogP contribution in [0.2, 0.25) is 0 Å². The summed E-state index contributed by atoms with van der Waals surface area (Å²) >= 11 is 3.57. The van der Waals surface area contributed by atoms with Crippen molar-refractivity contribution in [3.8, 4) is 11.1 Å². The molecule has 1 radical (unpaired) electrons. The lowest BCUT2D eigenvalue weighted by atomic mass is 10.00. The fraction of sp³-hybridized carbons (Fsp3) is 0.316. The fourth-order valence-electron chi connectivity index (χ4n) is 3.01. The van der Waals surface area contributed by atoms with Gasteiger partial charge in [0.25, 0.3) is 0 Å². The highest BCUT2D eigenvalue weighted by atomic mass is 79.9. The number of rotatable bonds is 5. The van der Waals surface area contributed by atoms with Gasteiger partial charge in [-0.3, -0.25) is 0 Å². The molecule has 0 unspecified atom stereocenters. The number of fused-ring (bicyclic) bond motifs is 3. The Morgan fingerprint density at radius 3 is 2.55 bits per heavy atom. The van der Waals surface area contributed by atoms with Gasteiger partial charge in [-0.15, -0.1) is 0 Å². The molecule has 0 spiro atoms. The molecule has 0 nitrogen and oxygen atoms in total. The molecular weight excluding hydrogens is 308 g/mol. The van der Waals surface area contributed by atoms with Gasteiger partial charge in [0.15, 0.2) is 0 Å². The lowest BCUT2D eigenvalue weighted by Gasteiger charge is -2.05. The normalized spacial score (nSPS) is 12.3. The van der Waals surface area contributed by atoms with E-state index in [2.05, 4.69) is 65.7 Å². The van der Waals surface area contributed by atoms with E-state index in [1.165, 1.54) is 58.0 Å². The van der Waals surface area contributed by atoms with Gasteiger partial charge in [-0.1, -0.05) is 60.0 Å². The lowest BCUT2D eigenvalue weighted by Crippen LogP contribution is -1.89. The summed E-state index contributed by atoms with van der Waals surface area (Å²) in [6.07, 6.45) is 8.37. The Morgan fingerprint density at radius 1 is 1.00 bits per heavy atom. The van der Waals surface area contributed by atoms with Gasteiger partial charge in [0.2, 0.25) is 0 Å². The van der Waals surface area contributed by atoms with Gasteiger partial charge in [-0.05, 0) is 65.6 Å². The van der Waals surface area contributed by atoms with Gasteiger partial charge >= 0.3 is 0 Å². The Morgan fingerprint density at radius 2 is 1.75 bits per heavy atom. The summed E-state index contributed by atoms with van der Waals surface area (Å²) in [5.74, 6) is 0. The number of benzene rings is 2. The standard InChI is InChI=1S/C19H20Br/c1-2-3-4-5-6-14-7-9-18-15(11-14)12-16-13-17(20)8-10-19(16)18/h4,7-11,13H,2-3,5-6,12H2,1H3. The molecule has 103 valence electrons. The quantitative estimate of drug-likeness (QED) is 0.507. The van der Waals surface area contributed by atoms with E-state index in [-0.39, 0.29) is 0 Å². The zero-order valence-electron chi connectivity index (χ0n) is 12.0. The van der Waals surface area contributed by atoms with Crippen LogP contribution in [0.4, 0.5) is 0 Å². The van der Waals surface area contributed by atoms with Gasteiger partial charge in [0, 0.05) is 4.47 Å². The Hall–Kier alpha value is -1.08. The molecule has 3 rings (SSSR count). The van der Waals surface area contributed by atoms with E-state index < -0.39 is 0 Å².